The van der Waals surface area contributed by atoms with Crippen LogP contribution in [0.25, 0.3) is 11.8 Å². The second kappa shape index (κ2) is 8.13. The number of nitrogens with zero attached hydrogens (tertiary/aromatic N) is 4. The van der Waals surface area contributed by atoms with Crippen LogP contribution in [-0.4, -0.2) is 46.0 Å². The lowest BCUT2D eigenvalue weighted by molar-refractivity contribution is -0.126. The molecule has 0 N–H and O–H groups in total. The Balaban J connectivity index is 1.52. The molecule has 5 rings (SSSR count). The van der Waals surface area contributed by atoms with Crippen molar-refractivity contribution in [3.05, 3.63) is 83.4 Å². The number of hydrogen-bond acceptors (Lipinski definition) is 5. The van der Waals surface area contributed by atoms with Crippen molar-refractivity contribution in [3.8, 4) is 11.4 Å². The Bertz CT molecular complexity index is 1330. The number of hydrogen-bond donors (Lipinski definition) is 0. The summed E-state index contributed by atoms with van der Waals surface area (Å²) in [7, 11) is 1.62. The van der Waals surface area contributed by atoms with Gasteiger partial charge in [-0.05, 0) is 62.2 Å². The number of carbonyl (C=O) groups is 1. The maximum atomic E-state index is 13.5. The minimum absolute atomic E-state index is 0.175. The summed E-state index contributed by atoms with van der Waals surface area (Å²) >= 11 is 0. The number of amidine groups is 1. The Labute approximate surface area is 197 Å². The Morgan fingerprint density at radius 2 is 2.00 bits per heavy atom. The molecule has 1 fully saturated rings. The summed E-state index contributed by atoms with van der Waals surface area (Å²) < 4.78 is 27.2. The predicted octanol–water partition coefficient (Wildman–Crippen LogP) is 4.24. The van der Waals surface area contributed by atoms with Crippen molar-refractivity contribution in [3.63, 3.8) is 0 Å². The van der Waals surface area contributed by atoms with Crippen molar-refractivity contribution >= 4 is 17.8 Å². The minimum atomic E-state index is -1.03. The molecule has 2 unspecified atom stereocenters. The number of methoxy groups -OCH3 is 1. The lowest BCUT2D eigenvalue weighted by Crippen LogP contribution is -2.53. The topological polar surface area (TPSA) is 69.0 Å². The van der Waals surface area contributed by atoms with Gasteiger partial charge in [0.2, 0.25) is 0 Å². The second-order valence-electron chi connectivity index (χ2n) is 8.72. The molecule has 2 aromatic carbocycles. The van der Waals surface area contributed by atoms with Gasteiger partial charge in [0.05, 0.1) is 31.4 Å². The number of imidazole rings is 1. The number of fused-ring (bicyclic) bond motifs is 1. The van der Waals surface area contributed by atoms with Crippen molar-refractivity contribution in [2.45, 2.75) is 32.4 Å². The second-order valence-corrected chi connectivity index (χ2v) is 8.72. The van der Waals surface area contributed by atoms with Gasteiger partial charge in [0.1, 0.15) is 23.2 Å². The van der Waals surface area contributed by atoms with Gasteiger partial charge in [0.25, 0.3) is 5.91 Å². The molecule has 8 heteroatoms. The van der Waals surface area contributed by atoms with Crippen LogP contribution in [0.1, 0.15) is 30.7 Å². The highest BCUT2D eigenvalue weighted by Gasteiger charge is 2.51. The lowest BCUT2D eigenvalue weighted by atomic mass is 9.89. The van der Waals surface area contributed by atoms with Gasteiger partial charge in [-0.2, -0.15) is 4.99 Å². The zero-order chi connectivity index (χ0) is 24.0. The van der Waals surface area contributed by atoms with Gasteiger partial charge in [0, 0.05) is 6.20 Å². The van der Waals surface area contributed by atoms with E-state index in [0.717, 1.165) is 16.9 Å². The highest BCUT2D eigenvalue weighted by molar-refractivity contribution is 6.14. The molecular weight excluding hydrogens is 435 g/mol. The zero-order valence-electron chi connectivity index (χ0n) is 19.4. The summed E-state index contributed by atoms with van der Waals surface area (Å²) in [5, 5.41) is 0. The number of aromatic nitrogens is 2. The van der Waals surface area contributed by atoms with Gasteiger partial charge in [0.15, 0.2) is 11.6 Å². The van der Waals surface area contributed by atoms with Crippen molar-refractivity contribution in [2.24, 2.45) is 4.99 Å². The molecule has 0 aliphatic carbocycles. The summed E-state index contributed by atoms with van der Waals surface area (Å²) in [5.41, 5.74) is 2.27. The maximum absolute atomic E-state index is 13.5. The van der Waals surface area contributed by atoms with Crippen molar-refractivity contribution < 1.29 is 18.7 Å². The number of amides is 1. The largest absolute Gasteiger partial charge is 0.495 e. The van der Waals surface area contributed by atoms with Gasteiger partial charge < -0.3 is 18.9 Å². The molecule has 34 heavy (non-hydrogen) atoms. The molecule has 174 valence electrons. The maximum Gasteiger partial charge on any atom is 0.278 e. The molecular formula is C26H25FN4O3. The highest BCUT2D eigenvalue weighted by atomic mass is 19.1. The van der Waals surface area contributed by atoms with Crippen LogP contribution in [0.5, 0.6) is 5.75 Å². The molecule has 2 aliphatic rings. The first-order chi connectivity index (χ1) is 16.3. The fraction of sp³-hybridized carbons (Fsp3) is 0.269. The number of ether oxygens (including phenoxy) is 2. The summed E-state index contributed by atoms with van der Waals surface area (Å²) in [4.78, 5) is 23.7. The van der Waals surface area contributed by atoms with E-state index in [1.165, 1.54) is 12.1 Å². The third kappa shape index (κ3) is 3.55. The van der Waals surface area contributed by atoms with E-state index in [2.05, 4.69) is 9.98 Å². The van der Waals surface area contributed by atoms with E-state index < -0.39 is 5.54 Å². The number of carbonyl (C=O) groups excluding carboxylic acids is 1. The monoisotopic (exact) mass is 460 g/mol. The van der Waals surface area contributed by atoms with E-state index in [-0.39, 0.29) is 17.8 Å². The summed E-state index contributed by atoms with van der Waals surface area (Å²) in [6.07, 6.45) is 5.35. The zero-order valence-corrected chi connectivity index (χ0v) is 19.4. The average molecular weight is 461 g/mol. The van der Waals surface area contributed by atoms with Gasteiger partial charge in [-0.25, -0.2) is 9.37 Å². The summed E-state index contributed by atoms with van der Waals surface area (Å²) in [6, 6.07) is 11.8. The molecule has 0 radical (unpaired) electrons. The van der Waals surface area contributed by atoms with E-state index in [9.17, 15) is 9.18 Å². The van der Waals surface area contributed by atoms with E-state index in [1.54, 1.807) is 25.6 Å². The highest BCUT2D eigenvalue weighted by Crippen LogP contribution is 2.39. The SMILES string of the molecule is COc1cc(/C=C2/OC(C)CN3C2=NC(=O)C3(C)c2ccc(F)cc2)ccc1-n1cnc(C)c1. The molecule has 0 saturated carbocycles. The molecule has 1 amide bonds. The summed E-state index contributed by atoms with van der Waals surface area (Å²) in [6.45, 7) is 6.18. The normalized spacial score (nSPS) is 23.0. The number of morpholine rings is 1. The van der Waals surface area contributed by atoms with Crippen LogP contribution in [0, 0.1) is 12.7 Å². The third-order valence-electron chi connectivity index (χ3n) is 6.31. The van der Waals surface area contributed by atoms with Gasteiger partial charge >= 0.3 is 0 Å². The van der Waals surface area contributed by atoms with Crippen molar-refractivity contribution in [2.75, 3.05) is 13.7 Å². The van der Waals surface area contributed by atoms with Gasteiger partial charge in [-0.3, -0.25) is 4.79 Å². The van der Waals surface area contributed by atoms with E-state index >= 15 is 0 Å². The first-order valence-corrected chi connectivity index (χ1v) is 11.0. The Hall–Kier alpha value is -3.94. The Morgan fingerprint density at radius 3 is 2.68 bits per heavy atom. The van der Waals surface area contributed by atoms with Crippen LogP contribution in [0.2, 0.25) is 0 Å². The molecule has 0 bridgehead atoms. The molecule has 2 aliphatic heterocycles. The molecule has 3 heterocycles. The van der Waals surface area contributed by atoms with E-state index in [1.807, 2.05) is 60.7 Å². The van der Waals surface area contributed by atoms with Gasteiger partial charge in [-0.1, -0.05) is 18.2 Å². The van der Waals surface area contributed by atoms with Crippen molar-refractivity contribution in [1.29, 1.82) is 0 Å². The number of halogens is 1. The molecule has 3 aromatic rings. The first kappa shape index (κ1) is 21.9. The number of aliphatic imine (C=N–C) groups is 1. The predicted molar refractivity (Wildman–Crippen MR) is 126 cm³/mol. The molecule has 1 saturated heterocycles. The molecule has 7 nitrogen and oxygen atoms in total. The van der Waals surface area contributed by atoms with E-state index in [0.29, 0.717) is 29.5 Å². The van der Waals surface area contributed by atoms with Crippen LogP contribution in [0.15, 0.2) is 65.7 Å². The minimum Gasteiger partial charge on any atom is -0.495 e. The summed E-state index contributed by atoms with van der Waals surface area (Å²) in [5.74, 6) is 1.00. The first-order valence-electron chi connectivity index (χ1n) is 11.0. The number of rotatable bonds is 4. The number of aryl methyl sites for hydroxylation is 1. The van der Waals surface area contributed by atoms with Crippen LogP contribution in [0.4, 0.5) is 4.39 Å². The third-order valence-corrected chi connectivity index (χ3v) is 6.31. The Kier molecular flexibility index (Phi) is 5.23. The molecule has 0 spiro atoms. The number of benzene rings is 2. The fourth-order valence-electron chi connectivity index (χ4n) is 4.47. The smallest absolute Gasteiger partial charge is 0.278 e. The quantitative estimate of drug-likeness (QED) is 0.583. The molecule has 2 atom stereocenters. The van der Waals surface area contributed by atoms with Crippen LogP contribution in [0.3, 0.4) is 0 Å². The Morgan fingerprint density at radius 1 is 1.24 bits per heavy atom. The average Bonchev–Trinajstić information content (AvgIpc) is 3.36. The van der Waals surface area contributed by atoms with E-state index in [4.69, 9.17) is 9.47 Å². The molecule has 1 aromatic heterocycles. The van der Waals surface area contributed by atoms with Gasteiger partial charge in [-0.15, -0.1) is 0 Å². The fourth-order valence-corrected chi connectivity index (χ4v) is 4.47. The van der Waals surface area contributed by atoms with Crippen LogP contribution < -0.4 is 4.74 Å². The van der Waals surface area contributed by atoms with Crippen LogP contribution >= 0.6 is 0 Å². The van der Waals surface area contributed by atoms with Crippen molar-refractivity contribution in [1.82, 2.24) is 14.5 Å². The lowest BCUT2D eigenvalue weighted by Gasteiger charge is -2.41. The van der Waals surface area contributed by atoms with Crippen LogP contribution in [-0.2, 0) is 15.1 Å². The standard InChI is InChI=1S/C26H25FN4O3/c1-16-13-30(15-28-16)21-10-5-18(11-22(21)33-4)12-23-24-29-25(32)26(3,31(24)14-17(2)34-23)19-6-8-20(27)9-7-19/h5-13,15,17H,14H2,1-4H3/b23-12+.